The van der Waals surface area contributed by atoms with Crippen LogP contribution >= 0.6 is 0 Å². The highest BCUT2D eigenvalue weighted by Gasteiger charge is 2.39. The number of nitrogens with one attached hydrogen (secondary N) is 5. The molecule has 0 saturated carbocycles. The van der Waals surface area contributed by atoms with Crippen LogP contribution in [0.5, 0.6) is 5.75 Å². The second kappa shape index (κ2) is 21.7. The van der Waals surface area contributed by atoms with E-state index in [0.29, 0.717) is 37.1 Å². The van der Waals surface area contributed by atoms with E-state index in [1.165, 1.54) is 0 Å². The number of guanidine groups is 1. The third-order valence-electron chi connectivity index (χ3n) is 10.1. The highest BCUT2D eigenvalue weighted by Crippen LogP contribution is 2.21. The maximum atomic E-state index is 13.8. The largest absolute Gasteiger partial charge is 0.484 e. The monoisotopic (exact) mass is 801 g/mol. The molecule has 3 aliphatic heterocycles. The highest BCUT2D eigenvalue weighted by atomic mass is 16.5. The first kappa shape index (κ1) is 45.9. The van der Waals surface area contributed by atoms with Gasteiger partial charge in [0.05, 0.1) is 18.2 Å². The van der Waals surface area contributed by atoms with E-state index in [1.54, 1.807) is 49.9 Å². The fraction of sp³-hybridized carbons (Fsp3) is 0.622. The molecule has 20 heteroatoms. The molecule has 14 N–H and O–H groups in total. The number of likely N-dealkylation sites (tertiary alicyclic amines) is 1. The molecule has 0 aliphatic carbocycles. The van der Waals surface area contributed by atoms with Crippen molar-refractivity contribution in [2.24, 2.45) is 39.8 Å². The van der Waals surface area contributed by atoms with E-state index >= 15 is 0 Å². The molecule has 1 unspecified atom stereocenters. The summed E-state index contributed by atoms with van der Waals surface area (Å²) >= 11 is 0. The Kier molecular flexibility index (Phi) is 17.5. The number of primary amides is 2. The normalized spacial score (nSPS) is 22.8. The smallest absolute Gasteiger partial charge is 0.258 e. The minimum absolute atomic E-state index is 0.0245. The summed E-state index contributed by atoms with van der Waals surface area (Å²) in [6.07, 6.45) is 0.551. The first-order valence-corrected chi connectivity index (χ1v) is 19.2. The highest BCUT2D eigenvalue weighted by molar-refractivity contribution is 6.07. The van der Waals surface area contributed by atoms with Gasteiger partial charge in [0, 0.05) is 13.1 Å². The van der Waals surface area contributed by atoms with Crippen LogP contribution in [0.15, 0.2) is 29.3 Å². The van der Waals surface area contributed by atoms with Crippen LogP contribution in [0.4, 0.5) is 0 Å². The van der Waals surface area contributed by atoms with E-state index in [1.807, 2.05) is 6.92 Å². The summed E-state index contributed by atoms with van der Waals surface area (Å²) in [4.78, 5) is 97.2. The first-order valence-electron chi connectivity index (χ1n) is 19.2. The van der Waals surface area contributed by atoms with Crippen LogP contribution in [0.3, 0.4) is 0 Å². The summed E-state index contributed by atoms with van der Waals surface area (Å²) in [6.45, 7) is 7.16. The van der Waals surface area contributed by atoms with Crippen molar-refractivity contribution in [3.05, 3.63) is 29.8 Å². The van der Waals surface area contributed by atoms with Crippen molar-refractivity contribution in [3.63, 3.8) is 0 Å². The predicted octanol–water partition coefficient (Wildman–Crippen LogP) is -3.40. The molecular weight excluding hydrogens is 742 g/mol. The van der Waals surface area contributed by atoms with Gasteiger partial charge in [-0.25, -0.2) is 0 Å². The Morgan fingerprint density at radius 3 is 2.25 bits per heavy atom. The maximum absolute atomic E-state index is 13.8. The molecule has 2 bridgehead atoms. The molecule has 0 spiro atoms. The van der Waals surface area contributed by atoms with Gasteiger partial charge < -0.3 is 59.4 Å². The molecule has 4 rings (SSSR count). The van der Waals surface area contributed by atoms with Gasteiger partial charge in [-0.05, 0) is 68.2 Å². The first-order chi connectivity index (χ1) is 26.9. The second-order valence-corrected chi connectivity index (χ2v) is 14.9. The Morgan fingerprint density at radius 1 is 0.965 bits per heavy atom. The van der Waals surface area contributed by atoms with Crippen molar-refractivity contribution in [1.82, 2.24) is 31.5 Å². The topological polar surface area (TPSA) is 329 Å². The number of carbonyl (C=O) groups is 7. The zero-order chi connectivity index (χ0) is 42.4. The summed E-state index contributed by atoms with van der Waals surface area (Å²) in [5.41, 5.74) is 22.5. The van der Waals surface area contributed by atoms with Gasteiger partial charge in [0.25, 0.3) is 11.8 Å². The lowest BCUT2D eigenvalue weighted by Gasteiger charge is -2.33. The number of aliphatic hydroxyl groups excluding tert-OH is 1. The SMILES string of the molecule is CCC(C)[C@H](NC(=O)[C@@H]1CCCN1C[C@@H](O)[C@@H]1Cc2ccc(cc2)OCC(=O)N[C@@H](CCCN=C(N)N)C(=O)N[C@@H](C(N)=O)C(=O)N1)C(=O)N[C@H](C(N)=O)C(C)C. The zero-order valence-corrected chi connectivity index (χ0v) is 33.0. The average molecular weight is 802 g/mol. The van der Waals surface area contributed by atoms with Crippen LogP contribution in [0.1, 0.15) is 65.4 Å². The minimum Gasteiger partial charge on any atom is -0.484 e. The average Bonchev–Trinajstić information content (AvgIpc) is 3.62. The van der Waals surface area contributed by atoms with Crippen molar-refractivity contribution >= 4 is 47.3 Å². The molecule has 20 nitrogen and oxygen atoms in total. The number of fused-ring (bicyclic) bond motifs is 13. The van der Waals surface area contributed by atoms with Gasteiger partial charge in [-0.2, -0.15) is 0 Å². The van der Waals surface area contributed by atoms with E-state index < -0.39 is 90.3 Å². The van der Waals surface area contributed by atoms with Gasteiger partial charge in [-0.1, -0.05) is 46.2 Å². The Balaban J connectivity index is 1.85. The third-order valence-corrected chi connectivity index (χ3v) is 10.1. The van der Waals surface area contributed by atoms with Gasteiger partial charge in [0.2, 0.25) is 29.5 Å². The Labute approximate surface area is 332 Å². The third kappa shape index (κ3) is 13.9. The van der Waals surface area contributed by atoms with Gasteiger partial charge in [0.15, 0.2) is 18.6 Å². The number of aliphatic imine (C=N–C) groups is 1. The van der Waals surface area contributed by atoms with Crippen LogP contribution in [0.25, 0.3) is 0 Å². The van der Waals surface area contributed by atoms with E-state index in [0.717, 1.165) is 0 Å². The summed E-state index contributed by atoms with van der Waals surface area (Å²) in [6, 6.07) is -0.272. The summed E-state index contributed by atoms with van der Waals surface area (Å²) in [7, 11) is 0. The van der Waals surface area contributed by atoms with E-state index in [9.17, 15) is 38.7 Å². The van der Waals surface area contributed by atoms with E-state index in [2.05, 4.69) is 31.6 Å². The summed E-state index contributed by atoms with van der Waals surface area (Å²) < 4.78 is 5.61. The molecule has 1 aromatic carbocycles. The molecule has 1 fully saturated rings. The number of carbonyl (C=O) groups excluding carboxylic acids is 7. The van der Waals surface area contributed by atoms with Crippen molar-refractivity contribution in [3.8, 4) is 5.75 Å². The lowest BCUT2D eigenvalue weighted by molar-refractivity contribution is -0.137. The maximum Gasteiger partial charge on any atom is 0.258 e. The standard InChI is InChI=1S/C37H59N11O9/c1-5-20(4)29(35(55)45-28(19(2)3)31(38)51)46-34(54)25-9-7-15-48(25)17-26(49)24-16-21-10-12-22(13-11-21)57-18-27(50)43-23(8-6-14-42-37(40)41)33(53)47-30(32(39)52)36(56)44-24/h10-13,19-20,23-26,28-30,49H,5-9,14-18H2,1-4H3,(H2,38,51)(H2,39,52)(H,43,50)(H,44,56)(H,45,55)(H,46,54)(H,47,53)(H4,40,41,42)/t20?,23-,24-,25-,26+,28-,29-,30-/m0/s1. The van der Waals surface area contributed by atoms with Crippen LogP contribution < -0.4 is 54.3 Å². The fourth-order valence-corrected chi connectivity index (χ4v) is 6.66. The summed E-state index contributed by atoms with van der Waals surface area (Å²) in [5.74, 6) is -5.81. The van der Waals surface area contributed by atoms with Gasteiger partial charge in [-0.3, -0.25) is 43.5 Å². The molecule has 1 saturated heterocycles. The second-order valence-electron chi connectivity index (χ2n) is 14.9. The molecule has 0 aromatic heterocycles. The lowest BCUT2D eigenvalue weighted by atomic mass is 9.96. The van der Waals surface area contributed by atoms with Gasteiger partial charge >= 0.3 is 0 Å². The number of ether oxygens (including phenoxy) is 1. The molecule has 3 aliphatic rings. The van der Waals surface area contributed by atoms with Crippen molar-refractivity contribution < 1.29 is 43.4 Å². The Bertz CT molecular complexity index is 1620. The number of hydrogen-bond donors (Lipinski definition) is 10. The van der Waals surface area contributed by atoms with Crippen LogP contribution in [-0.2, 0) is 40.0 Å². The molecule has 0 radical (unpaired) electrons. The Hall–Kier alpha value is -5.50. The molecule has 316 valence electrons. The van der Waals surface area contributed by atoms with Gasteiger partial charge in [0.1, 0.15) is 23.9 Å². The van der Waals surface area contributed by atoms with Crippen molar-refractivity contribution in [1.29, 1.82) is 0 Å². The lowest BCUT2D eigenvalue weighted by Crippen LogP contribution is -2.61. The molecular formula is C37H59N11O9. The number of nitrogens with two attached hydrogens (primary N) is 4. The minimum atomic E-state index is -1.89. The zero-order valence-electron chi connectivity index (χ0n) is 33.0. The quantitative estimate of drug-likeness (QED) is 0.0257. The number of nitrogens with zero attached hydrogens (tertiary/aromatic N) is 2. The van der Waals surface area contributed by atoms with E-state index in [-0.39, 0.29) is 50.1 Å². The van der Waals surface area contributed by atoms with Crippen molar-refractivity contribution in [2.45, 2.75) is 109 Å². The molecule has 7 amide bonds. The van der Waals surface area contributed by atoms with Crippen LogP contribution in [-0.4, -0.2) is 126 Å². The number of aliphatic hydroxyl groups is 1. The van der Waals surface area contributed by atoms with Gasteiger partial charge in [-0.15, -0.1) is 0 Å². The number of β-amino-alcohol motifs (C(OH)–C–C–N with tert-alkyl or cyclic N) is 1. The number of rotatable bonds is 16. The molecule has 57 heavy (non-hydrogen) atoms. The molecule has 1 aromatic rings. The Morgan fingerprint density at radius 2 is 1.65 bits per heavy atom. The molecule has 8 atom stereocenters. The van der Waals surface area contributed by atoms with E-state index in [4.69, 9.17) is 27.7 Å². The van der Waals surface area contributed by atoms with Crippen molar-refractivity contribution in [2.75, 3.05) is 26.2 Å². The van der Waals surface area contributed by atoms with Crippen LogP contribution in [0, 0.1) is 11.8 Å². The summed E-state index contributed by atoms with van der Waals surface area (Å²) in [5, 5.41) is 24.7. The fourth-order valence-electron chi connectivity index (χ4n) is 6.66. The van der Waals surface area contributed by atoms with Crippen LogP contribution in [0.2, 0.25) is 0 Å². The number of hydrogen-bond acceptors (Lipinski definition) is 11. The predicted molar refractivity (Wildman–Crippen MR) is 208 cm³/mol. The molecule has 3 heterocycles. The number of benzene rings is 1. The number of amides is 7.